The Hall–Kier alpha value is -0.590. The Labute approximate surface area is 75.2 Å². The summed E-state index contributed by atoms with van der Waals surface area (Å²) in [4.78, 5) is 0. The van der Waals surface area contributed by atoms with Gasteiger partial charge in [0.05, 0.1) is 5.83 Å². The van der Waals surface area contributed by atoms with E-state index in [9.17, 15) is 4.39 Å². The van der Waals surface area contributed by atoms with E-state index in [1.54, 1.807) is 0 Å². The lowest BCUT2D eigenvalue weighted by molar-refractivity contribution is 0.372. The quantitative estimate of drug-likeness (QED) is 0.557. The highest BCUT2D eigenvalue weighted by Crippen LogP contribution is 2.24. The normalized spacial score (nSPS) is 12.8. The Bertz CT molecular complexity index is 173. The SMILES string of the molecule is C=C(F)C(CC=C(C)C)C(C)C. The van der Waals surface area contributed by atoms with Crippen LogP contribution < -0.4 is 0 Å². The summed E-state index contributed by atoms with van der Waals surface area (Å²) in [5, 5.41) is 0. The molecule has 1 atom stereocenters. The molecule has 12 heavy (non-hydrogen) atoms. The molecule has 0 heterocycles. The Kier molecular flexibility index (Phi) is 4.87. The summed E-state index contributed by atoms with van der Waals surface area (Å²) in [6, 6.07) is 0. The zero-order valence-electron chi connectivity index (χ0n) is 8.52. The largest absolute Gasteiger partial charge is 0.212 e. The van der Waals surface area contributed by atoms with Crippen molar-refractivity contribution in [3.8, 4) is 0 Å². The Morgan fingerprint density at radius 3 is 2.17 bits per heavy atom. The van der Waals surface area contributed by atoms with Crippen molar-refractivity contribution in [1.82, 2.24) is 0 Å². The number of halogens is 1. The van der Waals surface area contributed by atoms with Crippen molar-refractivity contribution in [3.05, 3.63) is 24.1 Å². The minimum absolute atomic E-state index is 0.0140. The van der Waals surface area contributed by atoms with Gasteiger partial charge in [-0.05, 0) is 26.2 Å². The summed E-state index contributed by atoms with van der Waals surface area (Å²) >= 11 is 0. The predicted molar refractivity (Wildman–Crippen MR) is 52.6 cm³/mol. The average Bonchev–Trinajstić information content (AvgIpc) is 1.84. The Balaban J connectivity index is 4.15. The van der Waals surface area contributed by atoms with Crippen LogP contribution in [0.2, 0.25) is 0 Å². The lowest BCUT2D eigenvalue weighted by Gasteiger charge is -2.16. The summed E-state index contributed by atoms with van der Waals surface area (Å²) in [7, 11) is 0. The van der Waals surface area contributed by atoms with E-state index in [1.165, 1.54) is 5.57 Å². The molecular formula is C11H19F. The molecule has 0 radical (unpaired) electrons. The first-order valence-corrected chi connectivity index (χ1v) is 4.42. The van der Waals surface area contributed by atoms with Gasteiger partial charge in [-0.3, -0.25) is 0 Å². The number of rotatable bonds is 4. The lowest BCUT2D eigenvalue weighted by atomic mass is 9.91. The van der Waals surface area contributed by atoms with Crippen LogP contribution >= 0.6 is 0 Å². The predicted octanol–water partition coefficient (Wildman–Crippen LogP) is 4.10. The highest BCUT2D eigenvalue weighted by Gasteiger charge is 2.14. The summed E-state index contributed by atoms with van der Waals surface area (Å²) in [5.74, 6) is 0.125. The van der Waals surface area contributed by atoms with Crippen LogP contribution in [-0.2, 0) is 0 Å². The molecule has 0 aromatic rings. The van der Waals surface area contributed by atoms with E-state index in [0.717, 1.165) is 6.42 Å². The Morgan fingerprint density at radius 2 is 1.92 bits per heavy atom. The molecule has 0 bridgehead atoms. The van der Waals surface area contributed by atoms with Gasteiger partial charge >= 0.3 is 0 Å². The van der Waals surface area contributed by atoms with Crippen LogP contribution in [-0.4, -0.2) is 0 Å². The van der Waals surface area contributed by atoms with Gasteiger partial charge in [0.15, 0.2) is 0 Å². The van der Waals surface area contributed by atoms with E-state index in [-0.39, 0.29) is 11.7 Å². The van der Waals surface area contributed by atoms with Crippen molar-refractivity contribution in [2.45, 2.75) is 34.1 Å². The van der Waals surface area contributed by atoms with Crippen LogP contribution in [0.4, 0.5) is 4.39 Å². The molecule has 0 spiro atoms. The fraction of sp³-hybridized carbons (Fsp3) is 0.636. The molecular weight excluding hydrogens is 151 g/mol. The molecule has 0 fully saturated rings. The van der Waals surface area contributed by atoms with Crippen LogP contribution in [0.1, 0.15) is 34.1 Å². The van der Waals surface area contributed by atoms with Crippen molar-refractivity contribution in [1.29, 1.82) is 0 Å². The van der Waals surface area contributed by atoms with E-state index in [0.29, 0.717) is 5.92 Å². The highest BCUT2D eigenvalue weighted by atomic mass is 19.1. The van der Waals surface area contributed by atoms with E-state index in [1.807, 2.05) is 27.7 Å². The maximum absolute atomic E-state index is 12.8. The number of hydrogen-bond donors (Lipinski definition) is 0. The first kappa shape index (κ1) is 11.4. The van der Waals surface area contributed by atoms with Gasteiger partial charge in [0, 0.05) is 5.92 Å². The summed E-state index contributed by atoms with van der Waals surface area (Å²) in [5.41, 5.74) is 1.24. The summed E-state index contributed by atoms with van der Waals surface area (Å²) in [6.45, 7) is 11.5. The smallest absolute Gasteiger partial charge is 0.0964 e. The van der Waals surface area contributed by atoms with Gasteiger partial charge in [0.2, 0.25) is 0 Å². The van der Waals surface area contributed by atoms with Crippen LogP contribution in [0.25, 0.3) is 0 Å². The van der Waals surface area contributed by atoms with E-state index < -0.39 is 0 Å². The molecule has 0 rings (SSSR count). The van der Waals surface area contributed by atoms with Crippen molar-refractivity contribution < 1.29 is 4.39 Å². The molecule has 0 nitrogen and oxygen atoms in total. The molecule has 0 aromatic heterocycles. The monoisotopic (exact) mass is 170 g/mol. The molecule has 0 aliphatic rings. The number of hydrogen-bond acceptors (Lipinski definition) is 0. The van der Waals surface area contributed by atoms with E-state index in [2.05, 4.69) is 12.7 Å². The topological polar surface area (TPSA) is 0 Å². The van der Waals surface area contributed by atoms with Gasteiger partial charge in [0.1, 0.15) is 0 Å². The molecule has 0 amide bonds. The molecule has 0 aromatic carbocycles. The molecule has 0 N–H and O–H groups in total. The second-order valence-corrected chi connectivity index (χ2v) is 3.81. The summed E-state index contributed by atoms with van der Waals surface area (Å²) < 4.78 is 12.8. The third kappa shape index (κ3) is 4.32. The third-order valence-corrected chi connectivity index (χ3v) is 1.99. The zero-order chi connectivity index (χ0) is 9.72. The van der Waals surface area contributed by atoms with Crippen molar-refractivity contribution >= 4 is 0 Å². The van der Waals surface area contributed by atoms with E-state index in [4.69, 9.17) is 0 Å². The summed E-state index contributed by atoms with van der Waals surface area (Å²) in [6.07, 6.45) is 2.84. The highest BCUT2D eigenvalue weighted by molar-refractivity contribution is 5.00. The minimum atomic E-state index is -0.192. The molecule has 70 valence electrons. The second-order valence-electron chi connectivity index (χ2n) is 3.81. The molecule has 0 aliphatic heterocycles. The first-order chi connectivity index (χ1) is 5.45. The lowest BCUT2D eigenvalue weighted by Crippen LogP contribution is -2.07. The third-order valence-electron chi connectivity index (χ3n) is 1.99. The maximum Gasteiger partial charge on any atom is 0.0964 e. The first-order valence-electron chi connectivity index (χ1n) is 4.42. The molecule has 0 aliphatic carbocycles. The van der Waals surface area contributed by atoms with Gasteiger partial charge in [-0.25, -0.2) is 4.39 Å². The molecule has 1 heteroatoms. The van der Waals surface area contributed by atoms with Crippen LogP contribution in [0.5, 0.6) is 0 Å². The Morgan fingerprint density at radius 1 is 1.42 bits per heavy atom. The van der Waals surface area contributed by atoms with Crippen molar-refractivity contribution in [2.75, 3.05) is 0 Å². The minimum Gasteiger partial charge on any atom is -0.212 e. The van der Waals surface area contributed by atoms with Crippen LogP contribution in [0.15, 0.2) is 24.1 Å². The van der Waals surface area contributed by atoms with Gasteiger partial charge in [-0.1, -0.05) is 32.1 Å². The van der Waals surface area contributed by atoms with Crippen molar-refractivity contribution in [3.63, 3.8) is 0 Å². The second kappa shape index (κ2) is 5.13. The molecule has 1 unspecified atom stereocenters. The standard InChI is InChI=1S/C11H19F/c1-8(2)6-7-11(9(3)4)10(5)12/h6,9,11H,5,7H2,1-4H3. The number of allylic oxidation sites excluding steroid dienone is 3. The van der Waals surface area contributed by atoms with E-state index >= 15 is 0 Å². The zero-order valence-corrected chi connectivity index (χ0v) is 8.52. The van der Waals surface area contributed by atoms with Gasteiger partial charge < -0.3 is 0 Å². The molecule has 0 saturated carbocycles. The fourth-order valence-corrected chi connectivity index (χ4v) is 1.12. The van der Waals surface area contributed by atoms with Crippen molar-refractivity contribution in [2.24, 2.45) is 11.8 Å². The van der Waals surface area contributed by atoms with Crippen LogP contribution in [0, 0.1) is 11.8 Å². The van der Waals surface area contributed by atoms with Crippen LogP contribution in [0.3, 0.4) is 0 Å². The van der Waals surface area contributed by atoms with Gasteiger partial charge in [-0.2, -0.15) is 0 Å². The molecule has 0 saturated heterocycles. The fourth-order valence-electron chi connectivity index (χ4n) is 1.12. The average molecular weight is 170 g/mol. The van der Waals surface area contributed by atoms with Gasteiger partial charge in [0.25, 0.3) is 0 Å². The maximum atomic E-state index is 12.8. The van der Waals surface area contributed by atoms with Gasteiger partial charge in [-0.15, -0.1) is 0 Å².